The maximum Gasteiger partial charge on any atom is 0.408 e. The van der Waals surface area contributed by atoms with Crippen LogP contribution in [0, 0.1) is 17.8 Å². The molecule has 0 radical (unpaired) electrons. The number of amides is 4. The fourth-order valence-corrected chi connectivity index (χ4v) is 3.97. The molecule has 0 aliphatic rings. The Morgan fingerprint density at radius 1 is 0.780 bits per heavy atom. The molecule has 0 aromatic heterocycles. The second-order valence-electron chi connectivity index (χ2n) is 11.1. The zero-order valence-corrected chi connectivity index (χ0v) is 25.0. The van der Waals surface area contributed by atoms with E-state index in [0.29, 0.717) is 6.42 Å². The summed E-state index contributed by atoms with van der Waals surface area (Å²) in [5.74, 6) is -4.23. The van der Waals surface area contributed by atoms with E-state index in [4.69, 9.17) is 4.74 Å². The Bertz CT molecular complexity index is 1020. The quantitative estimate of drug-likeness (QED) is 0.172. The van der Waals surface area contributed by atoms with E-state index in [9.17, 15) is 34.2 Å². The first-order valence-corrected chi connectivity index (χ1v) is 14.0. The predicted molar refractivity (Wildman–Crippen MR) is 152 cm³/mol. The van der Waals surface area contributed by atoms with Crippen molar-refractivity contribution in [3.8, 4) is 0 Å². The van der Waals surface area contributed by atoms with E-state index < -0.39 is 66.0 Å². The van der Waals surface area contributed by atoms with Crippen molar-refractivity contribution in [1.29, 1.82) is 0 Å². The number of carboxylic acids is 1. The zero-order valence-electron chi connectivity index (χ0n) is 25.0. The summed E-state index contributed by atoms with van der Waals surface area (Å²) in [5, 5.41) is 29.8. The number of aliphatic carboxylic acids is 1. The third kappa shape index (κ3) is 12.2. The lowest BCUT2D eigenvalue weighted by Crippen LogP contribution is -2.61. The monoisotopic (exact) mass is 578 g/mol. The molecule has 12 heteroatoms. The Kier molecular flexibility index (Phi) is 14.8. The maximum absolute atomic E-state index is 13.2. The number of nitrogens with one attached hydrogen (secondary N) is 4. The normalized spacial score (nSPS) is 15.6. The molecule has 0 saturated heterocycles. The van der Waals surface area contributed by atoms with Gasteiger partial charge in [-0.05, 0) is 36.7 Å². The Balaban J connectivity index is 2.98. The average molecular weight is 579 g/mol. The van der Waals surface area contributed by atoms with Gasteiger partial charge in [0.1, 0.15) is 30.8 Å². The number of benzene rings is 1. The second kappa shape index (κ2) is 17.2. The van der Waals surface area contributed by atoms with Gasteiger partial charge in [-0.15, -0.1) is 0 Å². The summed E-state index contributed by atoms with van der Waals surface area (Å²) in [4.78, 5) is 63.5. The van der Waals surface area contributed by atoms with Gasteiger partial charge in [0.15, 0.2) is 0 Å². The minimum absolute atomic E-state index is 0.000935. The van der Waals surface area contributed by atoms with Crippen molar-refractivity contribution in [3.05, 3.63) is 35.9 Å². The van der Waals surface area contributed by atoms with Crippen molar-refractivity contribution in [2.24, 2.45) is 17.8 Å². The van der Waals surface area contributed by atoms with Gasteiger partial charge in [0, 0.05) is 0 Å². The number of carboxylic acid groups (broad SMARTS) is 1. The molecule has 0 unspecified atom stereocenters. The Morgan fingerprint density at radius 3 is 1.80 bits per heavy atom. The lowest BCUT2D eigenvalue weighted by molar-refractivity contribution is -0.143. The van der Waals surface area contributed by atoms with Crippen LogP contribution in [0.5, 0.6) is 0 Å². The number of aliphatic hydroxyl groups excluding tert-OH is 1. The van der Waals surface area contributed by atoms with Gasteiger partial charge in [0.25, 0.3) is 0 Å². The summed E-state index contributed by atoms with van der Waals surface area (Å²) in [6, 6.07) is 4.20. The van der Waals surface area contributed by atoms with Crippen LogP contribution in [-0.4, -0.2) is 70.3 Å². The van der Waals surface area contributed by atoms with Crippen LogP contribution in [-0.2, 0) is 30.5 Å². The van der Waals surface area contributed by atoms with E-state index in [1.807, 2.05) is 26.8 Å². The molecule has 0 heterocycles. The first kappa shape index (κ1) is 35.4. The van der Waals surface area contributed by atoms with E-state index in [2.05, 4.69) is 21.3 Å². The highest BCUT2D eigenvalue weighted by Gasteiger charge is 2.35. The Hall–Kier alpha value is -3.67. The standard InChI is InChI=1S/C29H46N4O8/c1-8-18(6)23(33-29(40)41-15-20-12-10-9-11-13-20)26(36)32-24(19(7)34)27(37)31-22(17(4)5)25(35)30-21(28(38)39)14-16(2)3/h9-13,16-19,21-24,34H,8,14-15H2,1-7H3,(H,30,35)(H,31,37)(H,32,36)(H,33,40)(H,38,39)/t18-,19+,21-,22-,23-,24-/m0/s1. The third-order valence-corrected chi connectivity index (χ3v) is 6.61. The summed E-state index contributed by atoms with van der Waals surface area (Å²) in [5.41, 5.74) is 0.764. The minimum atomic E-state index is -1.46. The van der Waals surface area contributed by atoms with Crippen LogP contribution < -0.4 is 21.3 Å². The maximum atomic E-state index is 13.2. The highest BCUT2D eigenvalue weighted by atomic mass is 16.5. The number of hydrogen-bond donors (Lipinski definition) is 6. The zero-order chi connectivity index (χ0) is 31.3. The minimum Gasteiger partial charge on any atom is -0.480 e. The molecule has 0 saturated carbocycles. The van der Waals surface area contributed by atoms with Crippen molar-refractivity contribution < 1.29 is 38.9 Å². The number of carbonyl (C=O) groups is 5. The molecule has 6 N–H and O–H groups in total. The van der Waals surface area contributed by atoms with Gasteiger partial charge in [-0.1, -0.05) is 78.3 Å². The smallest absolute Gasteiger partial charge is 0.408 e. The highest BCUT2D eigenvalue weighted by Crippen LogP contribution is 2.12. The summed E-state index contributed by atoms with van der Waals surface area (Å²) in [6.45, 7) is 11.9. The van der Waals surface area contributed by atoms with E-state index >= 15 is 0 Å². The number of alkyl carbamates (subject to hydrolysis) is 1. The largest absolute Gasteiger partial charge is 0.480 e. The molecule has 0 aliphatic heterocycles. The van der Waals surface area contributed by atoms with Crippen LogP contribution in [0.3, 0.4) is 0 Å². The van der Waals surface area contributed by atoms with Crippen LogP contribution in [0.15, 0.2) is 30.3 Å². The molecule has 0 bridgehead atoms. The van der Waals surface area contributed by atoms with Gasteiger partial charge >= 0.3 is 12.1 Å². The summed E-state index contributed by atoms with van der Waals surface area (Å²) < 4.78 is 5.24. The molecule has 0 fully saturated rings. The Labute approximate surface area is 242 Å². The molecule has 230 valence electrons. The molecule has 41 heavy (non-hydrogen) atoms. The molecule has 12 nitrogen and oxygen atoms in total. The number of hydrogen-bond acceptors (Lipinski definition) is 7. The van der Waals surface area contributed by atoms with Gasteiger partial charge in [-0.25, -0.2) is 9.59 Å². The fourth-order valence-electron chi connectivity index (χ4n) is 3.97. The third-order valence-electron chi connectivity index (χ3n) is 6.61. The van der Waals surface area contributed by atoms with E-state index in [-0.39, 0.29) is 24.9 Å². The highest BCUT2D eigenvalue weighted by molar-refractivity contribution is 5.95. The number of aliphatic hydroxyl groups is 1. The van der Waals surface area contributed by atoms with Gasteiger partial charge in [0.05, 0.1) is 6.10 Å². The molecule has 1 aromatic rings. The van der Waals surface area contributed by atoms with Crippen LogP contribution in [0.4, 0.5) is 4.79 Å². The molecule has 1 rings (SSSR count). The van der Waals surface area contributed by atoms with Crippen molar-refractivity contribution >= 4 is 29.8 Å². The number of ether oxygens (including phenoxy) is 1. The Morgan fingerprint density at radius 2 is 1.32 bits per heavy atom. The average Bonchev–Trinajstić information content (AvgIpc) is 2.90. The topological polar surface area (TPSA) is 183 Å². The van der Waals surface area contributed by atoms with E-state index in [1.165, 1.54) is 6.92 Å². The molecule has 0 aliphatic carbocycles. The van der Waals surface area contributed by atoms with Crippen molar-refractivity contribution in [2.45, 2.75) is 98.2 Å². The number of carbonyl (C=O) groups excluding carboxylic acids is 4. The summed E-state index contributed by atoms with van der Waals surface area (Å²) in [7, 11) is 0. The molecule has 6 atom stereocenters. The van der Waals surface area contributed by atoms with Crippen molar-refractivity contribution in [3.63, 3.8) is 0 Å². The van der Waals surface area contributed by atoms with Crippen LogP contribution in [0.2, 0.25) is 0 Å². The fraction of sp³-hybridized carbons (Fsp3) is 0.621. The lowest BCUT2D eigenvalue weighted by atomic mass is 9.97. The van der Waals surface area contributed by atoms with Crippen LogP contribution in [0.1, 0.15) is 66.9 Å². The SMILES string of the molecule is CC[C@H](C)[C@H](NC(=O)OCc1ccccc1)C(=O)N[C@H](C(=O)N[C@H](C(=O)N[C@@H](CC(C)C)C(=O)O)C(C)C)[C@@H](C)O. The van der Waals surface area contributed by atoms with Gasteiger partial charge < -0.3 is 36.2 Å². The second-order valence-corrected chi connectivity index (χ2v) is 11.1. The first-order valence-electron chi connectivity index (χ1n) is 14.0. The number of rotatable bonds is 16. The molecular weight excluding hydrogens is 532 g/mol. The summed E-state index contributed by atoms with van der Waals surface area (Å²) >= 11 is 0. The van der Waals surface area contributed by atoms with Gasteiger partial charge in [-0.2, -0.15) is 0 Å². The van der Waals surface area contributed by atoms with E-state index in [0.717, 1.165) is 5.56 Å². The molecular formula is C29H46N4O8. The van der Waals surface area contributed by atoms with Gasteiger partial charge in [-0.3, -0.25) is 14.4 Å². The summed E-state index contributed by atoms with van der Waals surface area (Å²) in [6.07, 6.45) is -1.47. The van der Waals surface area contributed by atoms with E-state index in [1.54, 1.807) is 45.0 Å². The van der Waals surface area contributed by atoms with Crippen molar-refractivity contribution in [1.82, 2.24) is 21.3 Å². The first-order chi connectivity index (χ1) is 19.2. The van der Waals surface area contributed by atoms with Crippen LogP contribution in [0.25, 0.3) is 0 Å². The van der Waals surface area contributed by atoms with Crippen molar-refractivity contribution in [2.75, 3.05) is 0 Å². The molecule has 0 spiro atoms. The van der Waals surface area contributed by atoms with Gasteiger partial charge in [0.2, 0.25) is 17.7 Å². The van der Waals surface area contributed by atoms with Crippen LogP contribution >= 0.6 is 0 Å². The molecule has 1 aromatic carbocycles. The lowest BCUT2D eigenvalue weighted by Gasteiger charge is -2.29. The predicted octanol–water partition coefficient (Wildman–Crippen LogP) is 1.95. The molecule has 4 amide bonds.